The summed E-state index contributed by atoms with van der Waals surface area (Å²) in [7, 11) is 0. The minimum atomic E-state index is -0.814. The Labute approximate surface area is 126 Å². The number of carboxylic acids is 1. The number of carboxylic acid groups (broad SMARTS) is 1. The number of carbonyl (C=O) groups excluding carboxylic acids is 2. The summed E-state index contributed by atoms with van der Waals surface area (Å²) < 4.78 is 5.24. The first-order valence-corrected chi connectivity index (χ1v) is 7.13. The molecule has 1 saturated carbocycles. The number of ether oxygens (including phenoxy) is 1. The minimum absolute atomic E-state index is 0.0306. The molecule has 0 radical (unpaired) electrons. The summed E-state index contributed by atoms with van der Waals surface area (Å²) in [4.78, 5) is 34.5. The highest BCUT2D eigenvalue weighted by Crippen LogP contribution is 2.29. The third-order valence-corrected chi connectivity index (χ3v) is 3.99. The second-order valence-corrected chi connectivity index (χ2v) is 5.57. The summed E-state index contributed by atoms with van der Waals surface area (Å²) in [6.45, 7) is -0.0306. The Kier molecular flexibility index (Phi) is 3.70. The molecule has 22 heavy (non-hydrogen) atoms. The van der Waals surface area contributed by atoms with Crippen molar-refractivity contribution < 1.29 is 24.2 Å². The van der Waals surface area contributed by atoms with Gasteiger partial charge in [0.25, 0.3) is 11.8 Å². The van der Waals surface area contributed by atoms with Crippen molar-refractivity contribution in [3.05, 3.63) is 23.8 Å². The van der Waals surface area contributed by atoms with Gasteiger partial charge in [0.05, 0.1) is 11.6 Å². The molecular weight excluding hydrogens is 288 g/mol. The monoisotopic (exact) mass is 304 g/mol. The molecule has 0 bridgehead atoms. The first-order chi connectivity index (χ1) is 10.5. The Hall–Kier alpha value is -2.57. The molecule has 1 fully saturated rings. The fraction of sp³-hybridized carbons (Fsp3) is 0.400. The maximum atomic E-state index is 12.2. The van der Waals surface area contributed by atoms with Crippen LogP contribution in [0.2, 0.25) is 0 Å². The Bertz CT molecular complexity index is 643. The molecule has 2 atom stereocenters. The Balaban J connectivity index is 1.67. The first-order valence-electron chi connectivity index (χ1n) is 7.13. The zero-order chi connectivity index (χ0) is 15.7. The van der Waals surface area contributed by atoms with Crippen molar-refractivity contribution in [2.75, 3.05) is 11.9 Å². The molecule has 1 aliphatic heterocycles. The molecular formula is C15H16N2O5. The normalized spacial score (nSPS) is 23.2. The average molecular weight is 304 g/mol. The molecule has 7 nitrogen and oxygen atoms in total. The fourth-order valence-electron chi connectivity index (χ4n) is 2.83. The van der Waals surface area contributed by atoms with E-state index in [0.29, 0.717) is 36.3 Å². The molecule has 1 aromatic rings. The molecule has 1 heterocycles. The lowest BCUT2D eigenvalue weighted by atomic mass is 10.1. The van der Waals surface area contributed by atoms with Crippen LogP contribution < -0.4 is 15.4 Å². The van der Waals surface area contributed by atoms with Crippen molar-refractivity contribution in [2.24, 2.45) is 5.92 Å². The molecule has 0 unspecified atom stereocenters. The van der Waals surface area contributed by atoms with Crippen LogP contribution in [0.15, 0.2) is 18.2 Å². The third-order valence-electron chi connectivity index (χ3n) is 3.99. The number of rotatable bonds is 3. The van der Waals surface area contributed by atoms with Gasteiger partial charge in [-0.05, 0) is 37.5 Å². The highest BCUT2D eigenvalue weighted by Gasteiger charge is 2.30. The van der Waals surface area contributed by atoms with E-state index in [4.69, 9.17) is 9.84 Å². The highest BCUT2D eigenvalue weighted by atomic mass is 16.5. The van der Waals surface area contributed by atoms with Crippen LogP contribution in [-0.4, -0.2) is 35.5 Å². The molecule has 7 heteroatoms. The van der Waals surface area contributed by atoms with E-state index in [2.05, 4.69) is 10.6 Å². The second kappa shape index (κ2) is 5.67. The summed E-state index contributed by atoms with van der Waals surface area (Å²) in [5.74, 6) is -1.21. The Morgan fingerprint density at radius 2 is 2.14 bits per heavy atom. The number of amides is 2. The van der Waals surface area contributed by atoms with E-state index in [1.54, 1.807) is 18.2 Å². The van der Waals surface area contributed by atoms with E-state index in [-0.39, 0.29) is 30.4 Å². The number of aliphatic carboxylic acids is 1. The quantitative estimate of drug-likeness (QED) is 0.772. The van der Waals surface area contributed by atoms with Crippen molar-refractivity contribution in [1.82, 2.24) is 5.32 Å². The Morgan fingerprint density at radius 3 is 2.86 bits per heavy atom. The fourth-order valence-corrected chi connectivity index (χ4v) is 2.83. The van der Waals surface area contributed by atoms with Gasteiger partial charge in [0.15, 0.2) is 6.61 Å². The van der Waals surface area contributed by atoms with Crippen LogP contribution in [0.5, 0.6) is 5.75 Å². The Morgan fingerprint density at radius 1 is 1.32 bits per heavy atom. The molecule has 3 N–H and O–H groups in total. The molecule has 0 spiro atoms. The lowest BCUT2D eigenvalue weighted by Crippen LogP contribution is -2.33. The van der Waals surface area contributed by atoms with Crippen LogP contribution in [0.4, 0.5) is 5.69 Å². The number of fused-ring (bicyclic) bond motifs is 1. The van der Waals surface area contributed by atoms with Gasteiger partial charge in [-0.25, -0.2) is 0 Å². The molecule has 2 amide bonds. The van der Waals surface area contributed by atoms with Crippen LogP contribution in [-0.2, 0) is 9.59 Å². The van der Waals surface area contributed by atoms with Crippen molar-refractivity contribution in [3.63, 3.8) is 0 Å². The topological polar surface area (TPSA) is 105 Å². The minimum Gasteiger partial charge on any atom is -0.482 e. The average Bonchev–Trinajstić information content (AvgIpc) is 2.95. The number of benzene rings is 1. The van der Waals surface area contributed by atoms with Gasteiger partial charge in [-0.1, -0.05) is 0 Å². The molecule has 1 aliphatic carbocycles. The van der Waals surface area contributed by atoms with Crippen molar-refractivity contribution >= 4 is 23.5 Å². The molecule has 3 rings (SSSR count). The van der Waals surface area contributed by atoms with Crippen LogP contribution in [0.1, 0.15) is 29.6 Å². The van der Waals surface area contributed by atoms with Gasteiger partial charge in [-0.15, -0.1) is 0 Å². The van der Waals surface area contributed by atoms with Gasteiger partial charge in [0.2, 0.25) is 0 Å². The predicted molar refractivity (Wildman–Crippen MR) is 76.8 cm³/mol. The number of nitrogens with one attached hydrogen (secondary N) is 2. The number of hydrogen-bond acceptors (Lipinski definition) is 4. The van der Waals surface area contributed by atoms with Gasteiger partial charge in [0, 0.05) is 11.6 Å². The van der Waals surface area contributed by atoms with E-state index >= 15 is 0 Å². The summed E-state index contributed by atoms with van der Waals surface area (Å²) in [6.07, 6.45) is 1.69. The van der Waals surface area contributed by atoms with Gasteiger partial charge >= 0.3 is 5.97 Å². The molecule has 116 valence electrons. The van der Waals surface area contributed by atoms with Crippen LogP contribution >= 0.6 is 0 Å². The van der Waals surface area contributed by atoms with Crippen LogP contribution in [0, 0.1) is 5.92 Å². The first kappa shape index (κ1) is 14.4. The molecule has 0 saturated heterocycles. The zero-order valence-corrected chi connectivity index (χ0v) is 11.8. The smallest absolute Gasteiger partial charge is 0.306 e. The zero-order valence-electron chi connectivity index (χ0n) is 11.8. The summed E-state index contributed by atoms with van der Waals surface area (Å²) in [5, 5.41) is 14.5. The lowest BCUT2D eigenvalue weighted by Gasteiger charge is -2.19. The summed E-state index contributed by atoms with van der Waals surface area (Å²) in [5.41, 5.74) is 0.877. The van der Waals surface area contributed by atoms with Crippen molar-refractivity contribution in [2.45, 2.75) is 25.3 Å². The largest absolute Gasteiger partial charge is 0.482 e. The van der Waals surface area contributed by atoms with E-state index in [0.717, 1.165) is 0 Å². The maximum Gasteiger partial charge on any atom is 0.306 e. The number of anilines is 1. The SMILES string of the molecule is O=C1COc2ccc(C(=O)N[C@@H]3CC[C@H](C(=O)O)C3)cc2N1. The molecule has 0 aromatic heterocycles. The predicted octanol–water partition coefficient (Wildman–Crippen LogP) is 1.00. The van der Waals surface area contributed by atoms with Crippen LogP contribution in [0.3, 0.4) is 0 Å². The van der Waals surface area contributed by atoms with E-state index in [1.165, 1.54) is 0 Å². The van der Waals surface area contributed by atoms with E-state index in [1.807, 2.05) is 0 Å². The lowest BCUT2D eigenvalue weighted by molar-refractivity contribution is -0.141. The molecule has 1 aromatic carbocycles. The maximum absolute atomic E-state index is 12.2. The van der Waals surface area contributed by atoms with E-state index in [9.17, 15) is 14.4 Å². The van der Waals surface area contributed by atoms with Crippen molar-refractivity contribution in [3.8, 4) is 5.75 Å². The van der Waals surface area contributed by atoms with Gasteiger partial charge < -0.3 is 20.5 Å². The molecule has 2 aliphatic rings. The van der Waals surface area contributed by atoms with Gasteiger partial charge in [-0.3, -0.25) is 14.4 Å². The number of hydrogen-bond donors (Lipinski definition) is 3. The summed E-state index contributed by atoms with van der Waals surface area (Å²) >= 11 is 0. The van der Waals surface area contributed by atoms with E-state index < -0.39 is 5.97 Å². The summed E-state index contributed by atoms with van der Waals surface area (Å²) in [6, 6.07) is 4.69. The van der Waals surface area contributed by atoms with Gasteiger partial charge in [0.1, 0.15) is 5.75 Å². The third kappa shape index (κ3) is 2.88. The number of carbonyl (C=O) groups is 3. The van der Waals surface area contributed by atoms with Crippen molar-refractivity contribution in [1.29, 1.82) is 0 Å². The standard InChI is InChI=1S/C15H16N2O5/c18-13-7-22-12-4-2-8(6-11(12)17-13)14(19)16-10-3-1-9(5-10)15(20)21/h2,4,6,9-10H,1,3,5,7H2,(H,16,19)(H,17,18)(H,20,21)/t9-,10+/m0/s1. The highest BCUT2D eigenvalue weighted by molar-refractivity contribution is 6.00. The van der Waals surface area contributed by atoms with Gasteiger partial charge in [-0.2, -0.15) is 0 Å². The second-order valence-electron chi connectivity index (χ2n) is 5.57. The van der Waals surface area contributed by atoms with Crippen LogP contribution in [0.25, 0.3) is 0 Å².